The summed E-state index contributed by atoms with van der Waals surface area (Å²) < 4.78 is 13.4. The van der Waals surface area contributed by atoms with Gasteiger partial charge in [-0.05, 0) is 19.1 Å². The fourth-order valence-corrected chi connectivity index (χ4v) is 1.42. The van der Waals surface area contributed by atoms with Crippen LogP contribution in [0, 0.1) is 5.82 Å². The maximum absolute atomic E-state index is 13.4. The summed E-state index contributed by atoms with van der Waals surface area (Å²) in [7, 11) is 0. The molecular weight excluding hydrogens is 211 g/mol. The van der Waals surface area contributed by atoms with E-state index >= 15 is 0 Å². The Morgan fingerprint density at radius 2 is 2.19 bits per heavy atom. The van der Waals surface area contributed by atoms with Crippen molar-refractivity contribution in [1.29, 1.82) is 0 Å². The summed E-state index contributed by atoms with van der Waals surface area (Å²) in [6.45, 7) is 2.41. The summed E-state index contributed by atoms with van der Waals surface area (Å²) in [5.41, 5.74) is 5.79. The zero-order chi connectivity index (χ0) is 12.1. The van der Waals surface area contributed by atoms with Crippen LogP contribution < -0.4 is 10.6 Å². The number of halogens is 1. The van der Waals surface area contributed by atoms with E-state index in [4.69, 9.17) is 10.8 Å². The van der Waals surface area contributed by atoms with Gasteiger partial charge in [-0.1, -0.05) is 12.1 Å². The van der Waals surface area contributed by atoms with Crippen LogP contribution in [0.15, 0.2) is 24.3 Å². The summed E-state index contributed by atoms with van der Waals surface area (Å²) in [4.78, 5) is 12.2. The average Bonchev–Trinajstić information content (AvgIpc) is 2.26. The standard InChI is InChI=1S/C11H15FN2O2/c1-2-14(7-9(13)11(15)16)10-6-4-3-5-8(10)12/h3-6,9H,2,7,13H2,1H3,(H,15,16). The molecule has 0 aromatic heterocycles. The Morgan fingerprint density at radius 1 is 1.56 bits per heavy atom. The highest BCUT2D eigenvalue weighted by atomic mass is 19.1. The second-order valence-corrected chi connectivity index (χ2v) is 3.43. The minimum absolute atomic E-state index is 0.0900. The highest BCUT2D eigenvalue weighted by Crippen LogP contribution is 2.18. The monoisotopic (exact) mass is 226 g/mol. The second kappa shape index (κ2) is 5.46. The van der Waals surface area contributed by atoms with Crippen LogP contribution in [-0.4, -0.2) is 30.2 Å². The Morgan fingerprint density at radius 3 is 2.69 bits per heavy atom. The van der Waals surface area contributed by atoms with E-state index in [1.165, 1.54) is 6.07 Å². The summed E-state index contributed by atoms with van der Waals surface area (Å²) in [6.07, 6.45) is 0. The third kappa shape index (κ3) is 2.93. The van der Waals surface area contributed by atoms with Crippen LogP contribution in [0.2, 0.25) is 0 Å². The zero-order valence-electron chi connectivity index (χ0n) is 9.06. The lowest BCUT2D eigenvalue weighted by Crippen LogP contribution is -2.43. The number of hydrogen-bond acceptors (Lipinski definition) is 3. The summed E-state index contributed by atoms with van der Waals surface area (Å²) in [5, 5.41) is 8.70. The Kier molecular flexibility index (Phi) is 4.25. The number of carbonyl (C=O) groups is 1. The highest BCUT2D eigenvalue weighted by molar-refractivity contribution is 5.74. The lowest BCUT2D eigenvalue weighted by Gasteiger charge is -2.25. The number of para-hydroxylation sites is 1. The van der Waals surface area contributed by atoms with E-state index in [1.54, 1.807) is 23.1 Å². The van der Waals surface area contributed by atoms with Crippen molar-refractivity contribution in [3.05, 3.63) is 30.1 Å². The van der Waals surface area contributed by atoms with E-state index in [0.29, 0.717) is 12.2 Å². The van der Waals surface area contributed by atoms with Crippen LogP contribution in [0.5, 0.6) is 0 Å². The first-order valence-corrected chi connectivity index (χ1v) is 5.04. The molecule has 0 radical (unpaired) electrons. The van der Waals surface area contributed by atoms with E-state index in [0.717, 1.165) is 0 Å². The van der Waals surface area contributed by atoms with Crippen LogP contribution in [0.3, 0.4) is 0 Å². The van der Waals surface area contributed by atoms with Crippen LogP contribution >= 0.6 is 0 Å². The Bertz CT molecular complexity index is 371. The molecule has 5 heteroatoms. The van der Waals surface area contributed by atoms with Gasteiger partial charge < -0.3 is 15.7 Å². The van der Waals surface area contributed by atoms with E-state index < -0.39 is 12.0 Å². The number of nitrogens with two attached hydrogens (primary N) is 1. The predicted molar refractivity (Wildman–Crippen MR) is 59.9 cm³/mol. The molecule has 0 heterocycles. The smallest absolute Gasteiger partial charge is 0.322 e. The number of rotatable bonds is 5. The molecule has 0 aliphatic heterocycles. The molecule has 0 aliphatic carbocycles. The molecule has 0 spiro atoms. The third-order valence-corrected chi connectivity index (χ3v) is 2.31. The molecule has 1 atom stereocenters. The number of likely N-dealkylation sites (N-methyl/N-ethyl adjacent to an activating group) is 1. The van der Waals surface area contributed by atoms with Gasteiger partial charge in [-0.25, -0.2) is 4.39 Å². The van der Waals surface area contributed by atoms with Crippen molar-refractivity contribution < 1.29 is 14.3 Å². The van der Waals surface area contributed by atoms with Crippen LogP contribution in [0.1, 0.15) is 6.92 Å². The molecule has 1 unspecified atom stereocenters. The molecule has 0 fully saturated rings. The molecule has 0 bridgehead atoms. The summed E-state index contributed by atoms with van der Waals surface area (Å²) >= 11 is 0. The molecule has 0 aliphatic rings. The molecule has 1 aromatic rings. The average molecular weight is 226 g/mol. The fraction of sp³-hybridized carbons (Fsp3) is 0.364. The van der Waals surface area contributed by atoms with Gasteiger partial charge in [0.05, 0.1) is 5.69 Å². The van der Waals surface area contributed by atoms with Crippen molar-refractivity contribution in [2.75, 3.05) is 18.0 Å². The van der Waals surface area contributed by atoms with Gasteiger partial charge in [-0.15, -0.1) is 0 Å². The predicted octanol–water partition coefficient (Wildman–Crippen LogP) is 1.06. The van der Waals surface area contributed by atoms with E-state index in [2.05, 4.69) is 0 Å². The topological polar surface area (TPSA) is 66.6 Å². The maximum Gasteiger partial charge on any atom is 0.322 e. The fourth-order valence-electron chi connectivity index (χ4n) is 1.42. The number of hydrogen-bond donors (Lipinski definition) is 2. The maximum atomic E-state index is 13.4. The molecule has 0 amide bonds. The molecule has 4 nitrogen and oxygen atoms in total. The van der Waals surface area contributed by atoms with Gasteiger partial charge in [0.2, 0.25) is 0 Å². The first kappa shape index (κ1) is 12.4. The largest absolute Gasteiger partial charge is 0.480 e. The minimum atomic E-state index is -1.09. The second-order valence-electron chi connectivity index (χ2n) is 3.43. The van der Waals surface area contributed by atoms with Crippen molar-refractivity contribution in [2.24, 2.45) is 5.73 Å². The zero-order valence-corrected chi connectivity index (χ0v) is 9.06. The number of anilines is 1. The van der Waals surface area contributed by atoms with Gasteiger partial charge in [0.1, 0.15) is 11.9 Å². The van der Waals surface area contributed by atoms with Gasteiger partial charge in [0.15, 0.2) is 0 Å². The molecule has 0 saturated carbocycles. The lowest BCUT2D eigenvalue weighted by atomic mass is 10.2. The molecule has 3 N–H and O–H groups in total. The number of benzene rings is 1. The van der Waals surface area contributed by atoms with Crippen LogP contribution in [-0.2, 0) is 4.79 Å². The van der Waals surface area contributed by atoms with Crippen molar-refractivity contribution >= 4 is 11.7 Å². The highest BCUT2D eigenvalue weighted by Gasteiger charge is 2.17. The third-order valence-electron chi connectivity index (χ3n) is 2.31. The van der Waals surface area contributed by atoms with Crippen LogP contribution in [0.4, 0.5) is 10.1 Å². The van der Waals surface area contributed by atoms with Gasteiger partial charge >= 0.3 is 5.97 Å². The van der Waals surface area contributed by atoms with Crippen molar-refractivity contribution in [3.8, 4) is 0 Å². The normalized spacial score (nSPS) is 12.2. The van der Waals surface area contributed by atoms with Gasteiger partial charge in [-0.2, -0.15) is 0 Å². The Hall–Kier alpha value is -1.62. The molecule has 1 rings (SSSR count). The van der Waals surface area contributed by atoms with Gasteiger partial charge in [-0.3, -0.25) is 4.79 Å². The lowest BCUT2D eigenvalue weighted by molar-refractivity contribution is -0.138. The van der Waals surface area contributed by atoms with Gasteiger partial charge in [0.25, 0.3) is 0 Å². The molecule has 16 heavy (non-hydrogen) atoms. The minimum Gasteiger partial charge on any atom is -0.480 e. The first-order valence-electron chi connectivity index (χ1n) is 5.04. The Balaban J connectivity index is 2.83. The number of carboxylic acids is 1. The van der Waals surface area contributed by atoms with Gasteiger partial charge in [0, 0.05) is 13.1 Å². The van der Waals surface area contributed by atoms with E-state index in [9.17, 15) is 9.18 Å². The van der Waals surface area contributed by atoms with Crippen LogP contribution in [0.25, 0.3) is 0 Å². The molecule has 0 saturated heterocycles. The molecule has 1 aromatic carbocycles. The van der Waals surface area contributed by atoms with Crippen molar-refractivity contribution in [1.82, 2.24) is 0 Å². The number of carboxylic acid groups (broad SMARTS) is 1. The SMILES string of the molecule is CCN(CC(N)C(=O)O)c1ccccc1F. The Labute approximate surface area is 93.5 Å². The van der Waals surface area contributed by atoms with Crippen molar-refractivity contribution in [3.63, 3.8) is 0 Å². The molecule has 88 valence electrons. The molecular formula is C11H15FN2O2. The first-order chi connectivity index (χ1) is 7.56. The number of nitrogens with zero attached hydrogens (tertiary/aromatic N) is 1. The summed E-state index contributed by atoms with van der Waals surface area (Å²) in [5.74, 6) is -1.46. The quantitative estimate of drug-likeness (QED) is 0.788. The van der Waals surface area contributed by atoms with Crippen molar-refractivity contribution in [2.45, 2.75) is 13.0 Å². The van der Waals surface area contributed by atoms with E-state index in [1.807, 2.05) is 6.92 Å². The summed E-state index contributed by atoms with van der Waals surface area (Å²) in [6, 6.07) is 5.22. The van der Waals surface area contributed by atoms with E-state index in [-0.39, 0.29) is 12.4 Å². The number of aliphatic carboxylic acids is 1.